The zero-order valence-corrected chi connectivity index (χ0v) is 18.4. The highest BCUT2D eigenvalue weighted by Crippen LogP contribution is 2.19. The molecule has 158 valence electrons. The van der Waals surface area contributed by atoms with Crippen molar-refractivity contribution < 1.29 is 22.8 Å². The highest BCUT2D eigenvalue weighted by Gasteiger charge is 2.31. The summed E-state index contributed by atoms with van der Waals surface area (Å²) in [5.74, 6) is 0.749. The van der Waals surface area contributed by atoms with Crippen LogP contribution < -0.4 is 9.64 Å². The summed E-state index contributed by atoms with van der Waals surface area (Å²) in [4.78, 5) is 14.2. The van der Waals surface area contributed by atoms with Gasteiger partial charge in [0.1, 0.15) is 12.3 Å². The Balaban J connectivity index is 1.62. The Labute approximate surface area is 172 Å². The van der Waals surface area contributed by atoms with Gasteiger partial charge in [0.15, 0.2) is 0 Å². The molecule has 0 bridgehead atoms. The van der Waals surface area contributed by atoms with Crippen molar-refractivity contribution in [2.24, 2.45) is 0 Å². The molecule has 0 aliphatic carbocycles. The molecule has 0 unspecified atom stereocenters. The molecule has 1 aromatic heterocycles. The number of benzene rings is 1. The van der Waals surface area contributed by atoms with Crippen molar-refractivity contribution in [1.82, 2.24) is 8.87 Å². The lowest BCUT2D eigenvalue weighted by atomic mass is 10.1. The maximum Gasteiger partial charge on any atom is 0.243 e. The van der Waals surface area contributed by atoms with Crippen LogP contribution in [0.15, 0.2) is 35.2 Å². The molecule has 1 fully saturated rings. The van der Waals surface area contributed by atoms with Gasteiger partial charge in [-0.2, -0.15) is 4.31 Å². The third-order valence-electron chi connectivity index (χ3n) is 5.73. The Morgan fingerprint density at radius 3 is 2.28 bits per heavy atom. The molecule has 3 rings (SSSR count). The Bertz CT molecular complexity index is 972. The smallest absolute Gasteiger partial charge is 0.243 e. The van der Waals surface area contributed by atoms with Gasteiger partial charge in [0.2, 0.25) is 15.8 Å². The number of ketones is 1. The van der Waals surface area contributed by atoms with Crippen LogP contribution in [0.1, 0.15) is 28.7 Å². The molecular weight excluding hydrogens is 390 g/mol. The fourth-order valence-electron chi connectivity index (χ4n) is 4.01. The van der Waals surface area contributed by atoms with Crippen LogP contribution in [0.2, 0.25) is 0 Å². The fraction of sp³-hybridized carbons (Fsp3) is 0.476. The van der Waals surface area contributed by atoms with Crippen LogP contribution in [0.5, 0.6) is 5.75 Å². The molecule has 0 atom stereocenters. The second-order valence-corrected chi connectivity index (χ2v) is 9.40. The van der Waals surface area contributed by atoms with Crippen LogP contribution in [0.3, 0.4) is 0 Å². The summed E-state index contributed by atoms with van der Waals surface area (Å²) < 4.78 is 34.5. The first-order valence-electron chi connectivity index (χ1n) is 9.95. The van der Waals surface area contributed by atoms with Crippen molar-refractivity contribution in [2.45, 2.75) is 32.2 Å². The van der Waals surface area contributed by atoms with Crippen molar-refractivity contribution in [2.75, 3.05) is 39.8 Å². The van der Waals surface area contributed by atoms with Crippen molar-refractivity contribution in [3.63, 3.8) is 0 Å². The van der Waals surface area contributed by atoms with E-state index in [1.54, 1.807) is 31.4 Å². The monoisotopic (exact) mass is 420 g/mol. The number of aryl methyl sites for hydroxylation is 1. The van der Waals surface area contributed by atoms with Gasteiger partial charge >= 0.3 is 0 Å². The van der Waals surface area contributed by atoms with Gasteiger partial charge in [0.25, 0.3) is 0 Å². The van der Waals surface area contributed by atoms with E-state index < -0.39 is 10.0 Å². The van der Waals surface area contributed by atoms with E-state index in [1.165, 1.54) is 4.31 Å². The number of nitrogens with zero attached hydrogens (tertiary/aromatic N) is 2. The van der Waals surface area contributed by atoms with Gasteiger partial charge in [-0.1, -0.05) is 0 Å². The average molecular weight is 421 g/mol. The standard InChI is InChI=1S/C21H29N3O4S/c1-5-24-16(2)14-20(17(24)3)21(25)15-22-10-12-23(13-11-22)29(26,27)19-8-6-18(28-4)7-9-19/h6-9,14H,5,10-13,15H2,1-4H3/p+1. The molecule has 1 aliphatic heterocycles. The van der Waals surface area contributed by atoms with Crippen molar-refractivity contribution in [3.05, 3.63) is 47.3 Å². The zero-order chi connectivity index (χ0) is 21.2. The maximum atomic E-state index is 12.9. The summed E-state index contributed by atoms with van der Waals surface area (Å²) in [5, 5.41) is 0. The predicted molar refractivity (Wildman–Crippen MR) is 111 cm³/mol. The van der Waals surface area contributed by atoms with Crippen LogP contribution >= 0.6 is 0 Å². The number of ether oxygens (including phenoxy) is 1. The molecule has 29 heavy (non-hydrogen) atoms. The van der Waals surface area contributed by atoms with E-state index in [1.807, 2.05) is 19.9 Å². The van der Waals surface area contributed by atoms with Crippen LogP contribution in [0.4, 0.5) is 0 Å². The minimum Gasteiger partial charge on any atom is -0.497 e. The number of rotatable bonds is 7. The molecule has 1 aromatic carbocycles. The topological polar surface area (TPSA) is 73.0 Å². The number of carbonyl (C=O) groups is 1. The number of Topliss-reactive ketones (excluding diaryl/α,β-unsaturated/α-hetero) is 1. The van der Waals surface area contributed by atoms with Gasteiger partial charge < -0.3 is 14.2 Å². The molecule has 8 heteroatoms. The molecule has 1 aliphatic rings. The van der Waals surface area contributed by atoms with Crippen molar-refractivity contribution >= 4 is 15.8 Å². The lowest BCUT2D eigenvalue weighted by Gasteiger charge is -2.31. The molecule has 0 amide bonds. The summed E-state index contributed by atoms with van der Waals surface area (Å²) in [6.45, 7) is 9.37. The first-order valence-corrected chi connectivity index (χ1v) is 11.4. The van der Waals surface area contributed by atoms with Gasteiger partial charge in [-0.05, 0) is 51.1 Å². The molecule has 7 nitrogen and oxygen atoms in total. The van der Waals surface area contributed by atoms with E-state index in [9.17, 15) is 13.2 Å². The minimum absolute atomic E-state index is 0.124. The SMILES string of the molecule is CCn1c(C)cc(C(=O)C[NH+]2CCN(S(=O)(=O)c3ccc(OC)cc3)CC2)c1C. The normalized spacial score (nSPS) is 16.1. The number of carbonyl (C=O) groups excluding carboxylic acids is 1. The summed E-state index contributed by atoms with van der Waals surface area (Å²) in [5.41, 5.74) is 2.89. The molecule has 0 radical (unpaired) electrons. The molecular formula is C21H30N3O4S+. The van der Waals surface area contributed by atoms with Gasteiger partial charge in [0.05, 0.1) is 38.2 Å². The number of methoxy groups -OCH3 is 1. The van der Waals surface area contributed by atoms with Crippen molar-refractivity contribution in [1.29, 1.82) is 0 Å². The number of aromatic nitrogens is 1. The lowest BCUT2D eigenvalue weighted by molar-refractivity contribution is -0.895. The Morgan fingerprint density at radius 2 is 1.76 bits per heavy atom. The van der Waals surface area contributed by atoms with Gasteiger partial charge in [0, 0.05) is 23.5 Å². The van der Waals surface area contributed by atoms with Gasteiger partial charge in [-0.25, -0.2) is 8.42 Å². The maximum absolute atomic E-state index is 12.9. The highest BCUT2D eigenvalue weighted by molar-refractivity contribution is 7.89. The summed E-state index contributed by atoms with van der Waals surface area (Å²) in [6, 6.07) is 8.41. The van der Waals surface area contributed by atoms with E-state index >= 15 is 0 Å². The first-order chi connectivity index (χ1) is 13.8. The van der Waals surface area contributed by atoms with E-state index in [4.69, 9.17) is 4.74 Å². The summed E-state index contributed by atoms with van der Waals surface area (Å²) >= 11 is 0. The third kappa shape index (κ3) is 4.39. The van der Waals surface area contributed by atoms with Gasteiger partial charge in [-0.3, -0.25) is 4.79 Å². The van der Waals surface area contributed by atoms with E-state index in [2.05, 4.69) is 11.5 Å². The second-order valence-electron chi connectivity index (χ2n) is 7.46. The number of piperazine rings is 1. The Hall–Kier alpha value is -2.16. The number of sulfonamides is 1. The van der Waals surface area contributed by atoms with Crippen LogP contribution in [-0.2, 0) is 16.6 Å². The largest absolute Gasteiger partial charge is 0.497 e. The number of quaternary nitrogens is 1. The van der Waals surface area contributed by atoms with E-state index in [0.29, 0.717) is 38.5 Å². The fourth-order valence-corrected chi connectivity index (χ4v) is 5.45. The molecule has 0 spiro atoms. The lowest BCUT2D eigenvalue weighted by Crippen LogP contribution is -3.15. The number of nitrogens with one attached hydrogen (secondary N) is 1. The number of hydrogen-bond acceptors (Lipinski definition) is 4. The quantitative estimate of drug-likeness (QED) is 0.676. The summed E-state index contributed by atoms with van der Waals surface area (Å²) in [6.07, 6.45) is 0. The summed E-state index contributed by atoms with van der Waals surface area (Å²) in [7, 11) is -1.98. The van der Waals surface area contributed by atoms with Crippen molar-refractivity contribution in [3.8, 4) is 5.75 Å². The highest BCUT2D eigenvalue weighted by atomic mass is 32.2. The molecule has 2 aromatic rings. The first kappa shape index (κ1) is 21.5. The van der Waals surface area contributed by atoms with Crippen LogP contribution in [0, 0.1) is 13.8 Å². The average Bonchev–Trinajstić information content (AvgIpc) is 3.01. The van der Waals surface area contributed by atoms with Crippen LogP contribution in [-0.4, -0.2) is 62.9 Å². The predicted octanol–water partition coefficient (Wildman–Crippen LogP) is 0.906. The third-order valence-corrected chi connectivity index (χ3v) is 7.64. The number of hydrogen-bond donors (Lipinski definition) is 1. The molecule has 2 heterocycles. The Kier molecular flexibility index (Phi) is 6.45. The molecule has 1 N–H and O–H groups in total. The van der Waals surface area contributed by atoms with Gasteiger partial charge in [-0.15, -0.1) is 0 Å². The zero-order valence-electron chi connectivity index (χ0n) is 17.6. The van der Waals surface area contributed by atoms with E-state index in [0.717, 1.165) is 28.4 Å². The second kappa shape index (κ2) is 8.69. The minimum atomic E-state index is -3.53. The van der Waals surface area contributed by atoms with E-state index in [-0.39, 0.29) is 10.7 Å². The molecule has 1 saturated heterocycles. The Morgan fingerprint density at radius 1 is 1.14 bits per heavy atom. The van der Waals surface area contributed by atoms with Crippen LogP contribution in [0.25, 0.3) is 0 Å². The molecule has 0 saturated carbocycles.